The van der Waals surface area contributed by atoms with Crippen LogP contribution in [0.1, 0.15) is 57.4 Å². The Kier molecular flexibility index (Phi) is 9.09. The lowest BCUT2D eigenvalue weighted by atomic mass is 9.86. The largest absolute Gasteiger partial charge is 0.478 e. The average molecular weight is 641 g/mol. The lowest BCUT2D eigenvalue weighted by Gasteiger charge is -2.34. The summed E-state index contributed by atoms with van der Waals surface area (Å²) >= 11 is 0. The number of pyridine rings is 2. The minimum absolute atomic E-state index is 0.0451. The number of ether oxygens (including phenoxy) is 2. The monoisotopic (exact) mass is 640 g/mol. The van der Waals surface area contributed by atoms with Gasteiger partial charge in [0.2, 0.25) is 5.88 Å². The Morgan fingerprint density at radius 1 is 1.02 bits per heavy atom. The molecule has 4 heterocycles. The Morgan fingerprint density at radius 2 is 1.78 bits per heavy atom. The highest BCUT2D eigenvalue weighted by molar-refractivity contribution is 5.91. The van der Waals surface area contributed by atoms with E-state index in [9.17, 15) is 13.2 Å². The van der Waals surface area contributed by atoms with Gasteiger partial charge >= 0.3 is 6.18 Å². The first kappa shape index (κ1) is 32.0. The van der Waals surface area contributed by atoms with E-state index in [2.05, 4.69) is 29.7 Å². The van der Waals surface area contributed by atoms with Gasteiger partial charge in [0.25, 0.3) is 0 Å². The molecule has 0 amide bonds. The van der Waals surface area contributed by atoms with E-state index in [4.69, 9.17) is 9.47 Å². The van der Waals surface area contributed by atoms with Gasteiger partial charge < -0.3 is 24.3 Å². The molecular formula is C34H40F4N6O2. The van der Waals surface area contributed by atoms with Gasteiger partial charge in [-0.3, -0.25) is 0 Å². The third-order valence-corrected chi connectivity index (χ3v) is 9.20. The zero-order valence-corrected chi connectivity index (χ0v) is 26.5. The van der Waals surface area contributed by atoms with Crippen molar-refractivity contribution in [2.24, 2.45) is 5.41 Å². The number of hydrogen-bond acceptors (Lipinski definition) is 7. The molecule has 2 fully saturated rings. The molecule has 1 aliphatic carbocycles. The molecule has 12 heteroatoms. The Balaban J connectivity index is 1.45. The minimum Gasteiger partial charge on any atom is -0.478 e. The van der Waals surface area contributed by atoms with E-state index in [1.54, 1.807) is 32.2 Å². The number of methoxy groups -OCH3 is 1. The number of nitrogens with one attached hydrogen (secondary N) is 1. The summed E-state index contributed by atoms with van der Waals surface area (Å²) in [6.07, 6.45) is 4.21. The number of hydrogen-bond donors (Lipinski definition) is 1. The van der Waals surface area contributed by atoms with E-state index in [-0.39, 0.29) is 28.9 Å². The number of rotatable bonds is 10. The first-order chi connectivity index (χ1) is 22.1. The number of imidazole rings is 1. The van der Waals surface area contributed by atoms with Gasteiger partial charge in [0.15, 0.2) is 5.65 Å². The van der Waals surface area contributed by atoms with Crippen LogP contribution >= 0.6 is 0 Å². The number of halogens is 4. The summed E-state index contributed by atoms with van der Waals surface area (Å²) in [5.41, 5.74) is 2.04. The molecule has 3 aromatic heterocycles. The quantitative estimate of drug-likeness (QED) is 0.177. The van der Waals surface area contributed by atoms with Crippen LogP contribution in [0.2, 0.25) is 0 Å². The lowest BCUT2D eigenvalue weighted by molar-refractivity contribution is -0.139. The van der Waals surface area contributed by atoms with Crippen molar-refractivity contribution in [1.82, 2.24) is 19.9 Å². The van der Waals surface area contributed by atoms with Gasteiger partial charge in [0.05, 0.1) is 30.2 Å². The van der Waals surface area contributed by atoms with E-state index in [0.29, 0.717) is 35.7 Å². The summed E-state index contributed by atoms with van der Waals surface area (Å²) in [7, 11) is 3.65. The minimum atomic E-state index is -4.68. The molecule has 1 aliphatic heterocycles. The van der Waals surface area contributed by atoms with Crippen LogP contribution < -0.4 is 14.5 Å². The van der Waals surface area contributed by atoms with Crippen LogP contribution in [0, 0.1) is 11.2 Å². The van der Waals surface area contributed by atoms with Crippen LogP contribution in [-0.2, 0) is 10.9 Å². The normalized spacial score (nSPS) is 16.7. The number of aromatic amines is 1. The number of piperidine rings is 1. The Morgan fingerprint density at radius 3 is 2.46 bits per heavy atom. The fraction of sp³-hybridized carbons (Fsp3) is 0.500. The molecule has 4 aromatic rings. The first-order valence-electron chi connectivity index (χ1n) is 16.0. The first-order valence-corrected chi connectivity index (χ1v) is 16.0. The molecule has 46 heavy (non-hydrogen) atoms. The second kappa shape index (κ2) is 13.1. The second-order valence-corrected chi connectivity index (χ2v) is 12.5. The van der Waals surface area contributed by atoms with E-state index in [1.165, 1.54) is 12.6 Å². The highest BCUT2D eigenvalue weighted by Crippen LogP contribution is 2.42. The van der Waals surface area contributed by atoms with E-state index in [1.807, 2.05) is 13.1 Å². The predicted molar refractivity (Wildman–Crippen MR) is 171 cm³/mol. The van der Waals surface area contributed by atoms with Gasteiger partial charge in [-0.05, 0) is 69.4 Å². The van der Waals surface area contributed by atoms with Crippen molar-refractivity contribution in [3.8, 4) is 28.5 Å². The Labute approximate surface area is 266 Å². The van der Waals surface area contributed by atoms with Crippen molar-refractivity contribution in [3.63, 3.8) is 0 Å². The Bertz CT molecular complexity index is 1680. The number of fused-ring (bicyclic) bond motifs is 1. The summed E-state index contributed by atoms with van der Waals surface area (Å²) in [5, 5.41) is 0. The summed E-state index contributed by atoms with van der Waals surface area (Å²) in [5.74, 6) is -0.594. The predicted octanol–water partition coefficient (Wildman–Crippen LogP) is 7.88. The second-order valence-electron chi connectivity index (χ2n) is 12.5. The summed E-state index contributed by atoms with van der Waals surface area (Å²) in [6.45, 7) is 4.69. The van der Waals surface area contributed by atoms with Gasteiger partial charge in [0.1, 0.15) is 22.7 Å². The standard InChI is InChI=1S/C34H40F4N6O2/c1-4-46-32-25(34(36,37)38)16-22(19-39-32)27-18-28(43(2)20-33(21-45-3)12-6-7-13-33)29-31(40-27)42-30(41-29)24-11-10-23(17-26(24)35)44-14-8-5-9-15-44/h10-11,16-19H,4-9,12-15,20-21H2,1-3H3,(H,40,41,42). The van der Waals surface area contributed by atoms with Crippen LogP contribution in [0.25, 0.3) is 33.8 Å². The maximum Gasteiger partial charge on any atom is 0.421 e. The summed E-state index contributed by atoms with van der Waals surface area (Å²) < 4.78 is 68.5. The van der Waals surface area contributed by atoms with Crippen LogP contribution in [-0.4, -0.2) is 66.9 Å². The van der Waals surface area contributed by atoms with Crippen molar-refractivity contribution in [2.45, 2.75) is 58.0 Å². The van der Waals surface area contributed by atoms with Crippen LogP contribution in [0.15, 0.2) is 36.5 Å². The van der Waals surface area contributed by atoms with E-state index >= 15 is 4.39 Å². The molecule has 246 valence electrons. The zero-order valence-electron chi connectivity index (χ0n) is 26.5. The van der Waals surface area contributed by atoms with Crippen molar-refractivity contribution in [3.05, 3.63) is 47.9 Å². The third-order valence-electron chi connectivity index (χ3n) is 9.20. The van der Waals surface area contributed by atoms with Crippen molar-refractivity contribution in [2.75, 3.05) is 56.8 Å². The summed E-state index contributed by atoms with van der Waals surface area (Å²) in [6, 6.07) is 7.92. The van der Waals surface area contributed by atoms with Crippen molar-refractivity contribution in [1.29, 1.82) is 0 Å². The Hall–Kier alpha value is -3.93. The number of nitrogens with zero attached hydrogens (tertiary/aromatic N) is 5. The third kappa shape index (κ3) is 6.49. The molecule has 2 aliphatic rings. The number of aromatic nitrogens is 4. The molecule has 0 unspecified atom stereocenters. The summed E-state index contributed by atoms with van der Waals surface area (Å²) in [4.78, 5) is 20.9. The van der Waals surface area contributed by atoms with Gasteiger partial charge in [0, 0.05) is 56.7 Å². The molecule has 1 aromatic carbocycles. The molecule has 1 N–H and O–H groups in total. The van der Waals surface area contributed by atoms with Gasteiger partial charge in [-0.15, -0.1) is 0 Å². The molecular weight excluding hydrogens is 600 g/mol. The highest BCUT2D eigenvalue weighted by Gasteiger charge is 2.37. The zero-order chi connectivity index (χ0) is 32.5. The molecule has 0 spiro atoms. The maximum atomic E-state index is 15.6. The number of H-pyrrole nitrogens is 1. The fourth-order valence-corrected chi connectivity index (χ4v) is 7.01. The van der Waals surface area contributed by atoms with Crippen molar-refractivity contribution < 1.29 is 27.0 Å². The molecule has 1 saturated heterocycles. The van der Waals surface area contributed by atoms with Gasteiger partial charge in [-0.2, -0.15) is 13.2 Å². The topological polar surface area (TPSA) is 79.4 Å². The number of alkyl halides is 3. The van der Waals surface area contributed by atoms with Crippen LogP contribution in [0.4, 0.5) is 28.9 Å². The van der Waals surface area contributed by atoms with E-state index < -0.39 is 23.4 Å². The SMILES string of the molecule is CCOc1ncc(-c2cc(N(C)CC3(COC)CCCC3)c3[nH]c(-c4ccc(N5CCCCC5)cc4F)nc3n2)cc1C(F)(F)F. The molecule has 6 rings (SSSR count). The van der Waals surface area contributed by atoms with Gasteiger partial charge in [-0.1, -0.05) is 12.8 Å². The van der Waals surface area contributed by atoms with Crippen LogP contribution in [0.5, 0.6) is 5.88 Å². The number of benzene rings is 1. The van der Waals surface area contributed by atoms with Crippen LogP contribution in [0.3, 0.4) is 0 Å². The molecule has 0 radical (unpaired) electrons. The smallest absolute Gasteiger partial charge is 0.421 e. The maximum absolute atomic E-state index is 15.6. The molecule has 0 atom stereocenters. The van der Waals surface area contributed by atoms with Gasteiger partial charge in [-0.25, -0.2) is 19.3 Å². The highest BCUT2D eigenvalue weighted by atomic mass is 19.4. The lowest BCUT2D eigenvalue weighted by Crippen LogP contribution is -2.37. The van der Waals surface area contributed by atoms with E-state index in [0.717, 1.165) is 63.4 Å². The van der Waals surface area contributed by atoms with Crippen molar-refractivity contribution >= 4 is 22.5 Å². The number of anilines is 2. The average Bonchev–Trinajstić information content (AvgIpc) is 3.68. The molecule has 8 nitrogen and oxygen atoms in total. The molecule has 0 bridgehead atoms. The fourth-order valence-electron chi connectivity index (χ4n) is 7.01. The molecule has 1 saturated carbocycles.